The minimum Gasteiger partial charge on any atom is -0.378 e. The summed E-state index contributed by atoms with van der Waals surface area (Å²) in [4.78, 5) is 0. The van der Waals surface area contributed by atoms with Crippen molar-refractivity contribution in [1.29, 1.82) is 0 Å². The molecular weight excluding hydrogens is 206 g/mol. The van der Waals surface area contributed by atoms with Crippen molar-refractivity contribution in [3.05, 3.63) is 34.3 Å². The Bertz CT molecular complexity index is 237. The molecule has 0 spiro atoms. The molecule has 0 radical (unpaired) electrons. The lowest BCUT2D eigenvalue weighted by Gasteiger charge is -2.03. The summed E-state index contributed by atoms with van der Waals surface area (Å²) < 4.78 is 1.01. The van der Waals surface area contributed by atoms with Gasteiger partial charge in [0.15, 0.2) is 0 Å². The van der Waals surface area contributed by atoms with Crippen LogP contribution >= 0.6 is 15.9 Å². The fourth-order valence-corrected chi connectivity index (χ4v) is 1.35. The van der Waals surface area contributed by atoms with Gasteiger partial charge in [-0.05, 0) is 17.7 Å². The summed E-state index contributed by atoms with van der Waals surface area (Å²) >= 11 is 3.33. The van der Waals surface area contributed by atoms with Crippen LogP contribution in [0.25, 0.3) is 0 Å². The highest BCUT2D eigenvalue weighted by Gasteiger charge is 1.98. The van der Waals surface area contributed by atoms with Gasteiger partial charge in [0.1, 0.15) is 6.23 Å². The van der Waals surface area contributed by atoms with Gasteiger partial charge in [-0.2, -0.15) is 0 Å². The average Bonchev–Trinajstić information content (AvgIpc) is 1.85. The number of halogens is 1. The normalized spacial score (nSPS) is 13.0. The van der Waals surface area contributed by atoms with Gasteiger partial charge in [0.25, 0.3) is 0 Å². The van der Waals surface area contributed by atoms with Crippen molar-refractivity contribution in [3.63, 3.8) is 0 Å². The summed E-state index contributed by atoms with van der Waals surface area (Å²) in [7, 11) is 0. The first-order valence-electron chi connectivity index (χ1n) is 3.36. The topological polar surface area (TPSA) is 46.2 Å². The molecule has 0 aliphatic rings. The summed E-state index contributed by atoms with van der Waals surface area (Å²) in [5.41, 5.74) is 6.25. The highest BCUT2D eigenvalue weighted by Crippen LogP contribution is 2.12. The molecule has 0 aromatic heterocycles. The SMILES string of the molecule is NC(O)Cc1cccc(Br)c1. The molecule has 60 valence electrons. The van der Waals surface area contributed by atoms with Crippen molar-refractivity contribution in [2.45, 2.75) is 12.6 Å². The van der Waals surface area contributed by atoms with E-state index in [0.29, 0.717) is 6.42 Å². The van der Waals surface area contributed by atoms with E-state index in [9.17, 15) is 0 Å². The van der Waals surface area contributed by atoms with Crippen LogP contribution in [0, 0.1) is 0 Å². The van der Waals surface area contributed by atoms with E-state index in [1.54, 1.807) is 0 Å². The van der Waals surface area contributed by atoms with E-state index in [0.717, 1.165) is 10.0 Å². The second-order valence-corrected chi connectivity index (χ2v) is 3.32. The number of aliphatic hydroxyl groups excluding tert-OH is 1. The van der Waals surface area contributed by atoms with Crippen molar-refractivity contribution in [3.8, 4) is 0 Å². The smallest absolute Gasteiger partial charge is 0.106 e. The first-order valence-corrected chi connectivity index (χ1v) is 4.16. The van der Waals surface area contributed by atoms with Crippen LogP contribution < -0.4 is 5.73 Å². The van der Waals surface area contributed by atoms with Crippen molar-refractivity contribution in [1.82, 2.24) is 0 Å². The maximum Gasteiger partial charge on any atom is 0.106 e. The molecule has 11 heavy (non-hydrogen) atoms. The first-order chi connectivity index (χ1) is 5.18. The third-order valence-corrected chi connectivity index (χ3v) is 1.83. The summed E-state index contributed by atoms with van der Waals surface area (Å²) in [6.07, 6.45) is -0.260. The fraction of sp³-hybridized carbons (Fsp3) is 0.250. The van der Waals surface area contributed by atoms with Crippen LogP contribution in [0.3, 0.4) is 0 Å². The van der Waals surface area contributed by atoms with Gasteiger partial charge in [0.05, 0.1) is 0 Å². The van der Waals surface area contributed by atoms with Gasteiger partial charge in [0, 0.05) is 10.9 Å². The molecule has 3 heteroatoms. The van der Waals surface area contributed by atoms with Crippen LogP contribution in [0.15, 0.2) is 28.7 Å². The lowest BCUT2D eigenvalue weighted by atomic mass is 10.1. The Kier molecular flexibility index (Phi) is 3.05. The Balaban J connectivity index is 2.71. The number of rotatable bonds is 2. The van der Waals surface area contributed by atoms with Crippen LogP contribution in [0.5, 0.6) is 0 Å². The third kappa shape index (κ3) is 3.01. The summed E-state index contributed by atoms with van der Waals surface area (Å²) in [6, 6.07) is 7.73. The largest absolute Gasteiger partial charge is 0.378 e. The second-order valence-electron chi connectivity index (χ2n) is 2.40. The summed E-state index contributed by atoms with van der Waals surface area (Å²) in [5.74, 6) is 0. The molecule has 1 unspecified atom stereocenters. The molecular formula is C8H10BrNO. The van der Waals surface area contributed by atoms with Crippen molar-refractivity contribution in [2.75, 3.05) is 0 Å². The number of aliphatic hydroxyl groups is 1. The Morgan fingerprint density at radius 3 is 2.82 bits per heavy atom. The number of nitrogens with two attached hydrogens (primary N) is 1. The van der Waals surface area contributed by atoms with Crippen molar-refractivity contribution >= 4 is 15.9 Å². The number of hydrogen-bond donors (Lipinski definition) is 2. The van der Waals surface area contributed by atoms with Crippen LogP contribution in [0.2, 0.25) is 0 Å². The fourth-order valence-electron chi connectivity index (χ4n) is 0.905. The molecule has 0 heterocycles. The number of benzene rings is 1. The molecule has 0 aliphatic carbocycles. The highest BCUT2D eigenvalue weighted by molar-refractivity contribution is 9.10. The minimum atomic E-state index is -0.760. The van der Waals surface area contributed by atoms with Crippen LogP contribution in [0.1, 0.15) is 5.56 Å². The molecule has 2 nitrogen and oxygen atoms in total. The standard InChI is InChI=1S/C8H10BrNO/c9-7-3-1-2-6(4-7)5-8(10)11/h1-4,8,11H,5,10H2. The molecule has 0 saturated heterocycles. The molecule has 1 atom stereocenters. The van der Waals surface area contributed by atoms with Crippen LogP contribution in [-0.4, -0.2) is 11.3 Å². The third-order valence-electron chi connectivity index (χ3n) is 1.33. The van der Waals surface area contributed by atoms with Gasteiger partial charge in [-0.25, -0.2) is 0 Å². The summed E-state index contributed by atoms with van der Waals surface area (Å²) in [5, 5.41) is 8.86. The van der Waals surface area contributed by atoms with E-state index < -0.39 is 6.23 Å². The molecule has 0 fully saturated rings. The molecule has 0 bridgehead atoms. The van der Waals surface area contributed by atoms with Crippen molar-refractivity contribution in [2.24, 2.45) is 5.73 Å². The Labute approximate surface area is 74.2 Å². The predicted octanol–water partition coefficient (Wildman–Crippen LogP) is 1.27. The molecule has 1 aromatic rings. The highest BCUT2D eigenvalue weighted by atomic mass is 79.9. The van der Waals surface area contributed by atoms with Crippen molar-refractivity contribution < 1.29 is 5.11 Å². The van der Waals surface area contributed by atoms with E-state index in [2.05, 4.69) is 15.9 Å². The van der Waals surface area contributed by atoms with E-state index in [1.807, 2.05) is 24.3 Å². The van der Waals surface area contributed by atoms with Crippen LogP contribution in [0.4, 0.5) is 0 Å². The molecule has 3 N–H and O–H groups in total. The zero-order valence-corrected chi connectivity index (χ0v) is 7.58. The Morgan fingerprint density at radius 1 is 1.55 bits per heavy atom. The van der Waals surface area contributed by atoms with Gasteiger partial charge < -0.3 is 10.8 Å². The maximum absolute atomic E-state index is 8.86. The lowest BCUT2D eigenvalue weighted by molar-refractivity contribution is 0.183. The van der Waals surface area contributed by atoms with E-state index in [4.69, 9.17) is 10.8 Å². The van der Waals surface area contributed by atoms with Gasteiger partial charge in [0.2, 0.25) is 0 Å². The van der Waals surface area contributed by atoms with Gasteiger partial charge >= 0.3 is 0 Å². The maximum atomic E-state index is 8.86. The van der Waals surface area contributed by atoms with E-state index >= 15 is 0 Å². The van der Waals surface area contributed by atoms with Gasteiger partial charge in [-0.1, -0.05) is 28.1 Å². The van der Waals surface area contributed by atoms with Gasteiger partial charge in [-0.15, -0.1) is 0 Å². The summed E-state index contributed by atoms with van der Waals surface area (Å²) in [6.45, 7) is 0. The van der Waals surface area contributed by atoms with Gasteiger partial charge in [-0.3, -0.25) is 0 Å². The first kappa shape index (κ1) is 8.71. The quantitative estimate of drug-likeness (QED) is 0.731. The zero-order valence-electron chi connectivity index (χ0n) is 6.00. The monoisotopic (exact) mass is 215 g/mol. The zero-order chi connectivity index (χ0) is 8.27. The minimum absolute atomic E-state index is 0.499. The number of hydrogen-bond acceptors (Lipinski definition) is 2. The average molecular weight is 216 g/mol. The second kappa shape index (κ2) is 3.85. The Hall–Kier alpha value is -0.380. The lowest BCUT2D eigenvalue weighted by Crippen LogP contribution is -2.21. The molecule has 1 rings (SSSR count). The van der Waals surface area contributed by atoms with Crippen LogP contribution in [-0.2, 0) is 6.42 Å². The Morgan fingerprint density at radius 2 is 2.27 bits per heavy atom. The molecule has 0 saturated carbocycles. The predicted molar refractivity (Wildman–Crippen MR) is 48.0 cm³/mol. The molecule has 0 amide bonds. The van der Waals surface area contributed by atoms with E-state index in [-0.39, 0.29) is 0 Å². The van der Waals surface area contributed by atoms with E-state index in [1.165, 1.54) is 0 Å². The molecule has 1 aromatic carbocycles. The molecule has 0 aliphatic heterocycles.